The molecule has 1 unspecified atom stereocenters. The summed E-state index contributed by atoms with van der Waals surface area (Å²) in [4.78, 5) is 2.26. The highest BCUT2D eigenvalue weighted by atomic mass is 16.5. The zero-order valence-corrected chi connectivity index (χ0v) is 11.1. The van der Waals surface area contributed by atoms with Crippen LogP contribution in [-0.2, 0) is 4.74 Å². The third-order valence-electron chi connectivity index (χ3n) is 3.18. The second kappa shape index (κ2) is 6.18. The summed E-state index contributed by atoms with van der Waals surface area (Å²) in [6, 6.07) is 8.01. The third-order valence-corrected chi connectivity index (χ3v) is 3.18. The Labute approximate surface area is 109 Å². The molecule has 0 radical (unpaired) electrons. The molecule has 1 aromatic carbocycles. The molecule has 100 valence electrons. The van der Waals surface area contributed by atoms with Crippen LogP contribution in [0.25, 0.3) is 0 Å². The van der Waals surface area contributed by atoms with Crippen molar-refractivity contribution in [2.75, 3.05) is 33.4 Å². The number of ether oxygens (including phenoxy) is 2. The molecule has 1 aromatic rings. The van der Waals surface area contributed by atoms with Crippen LogP contribution in [0, 0.1) is 0 Å². The van der Waals surface area contributed by atoms with E-state index >= 15 is 0 Å². The largest absolute Gasteiger partial charge is 0.491 e. The minimum Gasteiger partial charge on any atom is -0.491 e. The van der Waals surface area contributed by atoms with Crippen molar-refractivity contribution in [2.24, 2.45) is 5.73 Å². The first-order chi connectivity index (χ1) is 8.65. The topological polar surface area (TPSA) is 47.7 Å². The maximum atomic E-state index is 5.80. The summed E-state index contributed by atoms with van der Waals surface area (Å²) in [5.41, 5.74) is 6.92. The van der Waals surface area contributed by atoms with Gasteiger partial charge in [0.05, 0.1) is 6.61 Å². The summed E-state index contributed by atoms with van der Waals surface area (Å²) in [7, 11) is 2.10. The lowest BCUT2D eigenvalue weighted by Crippen LogP contribution is -2.42. The van der Waals surface area contributed by atoms with Crippen LogP contribution in [0.3, 0.4) is 0 Å². The molecule has 1 heterocycles. The smallest absolute Gasteiger partial charge is 0.119 e. The number of rotatable bonds is 4. The molecule has 0 aromatic heterocycles. The Hall–Kier alpha value is -1.10. The van der Waals surface area contributed by atoms with E-state index in [4.69, 9.17) is 15.2 Å². The van der Waals surface area contributed by atoms with Crippen LogP contribution >= 0.6 is 0 Å². The number of nitrogens with two attached hydrogens (primary N) is 1. The van der Waals surface area contributed by atoms with Gasteiger partial charge in [0.1, 0.15) is 18.5 Å². The average molecular weight is 250 g/mol. The van der Waals surface area contributed by atoms with E-state index in [9.17, 15) is 0 Å². The van der Waals surface area contributed by atoms with E-state index in [1.807, 2.05) is 31.2 Å². The summed E-state index contributed by atoms with van der Waals surface area (Å²) in [6.45, 7) is 5.29. The molecule has 1 aliphatic rings. The fourth-order valence-corrected chi connectivity index (χ4v) is 2.02. The Bertz CT molecular complexity index is 365. The first kappa shape index (κ1) is 13.3. The van der Waals surface area contributed by atoms with Crippen molar-refractivity contribution < 1.29 is 9.47 Å². The molecule has 2 N–H and O–H groups in total. The number of likely N-dealkylation sites (N-methyl/N-ethyl adjacent to an activating group) is 1. The Morgan fingerprint density at radius 2 is 2.17 bits per heavy atom. The van der Waals surface area contributed by atoms with Gasteiger partial charge in [-0.05, 0) is 31.7 Å². The second-order valence-electron chi connectivity index (χ2n) is 4.92. The van der Waals surface area contributed by atoms with Crippen LogP contribution in [0.2, 0.25) is 0 Å². The lowest BCUT2D eigenvalue weighted by molar-refractivity contribution is -0.0403. The van der Waals surface area contributed by atoms with E-state index < -0.39 is 0 Å². The maximum Gasteiger partial charge on any atom is 0.119 e. The number of morpholine rings is 1. The van der Waals surface area contributed by atoms with Crippen LogP contribution in [-0.4, -0.2) is 44.4 Å². The monoisotopic (exact) mass is 250 g/mol. The normalized spacial score (nSPS) is 22.7. The van der Waals surface area contributed by atoms with Gasteiger partial charge in [0.15, 0.2) is 0 Å². The Kier molecular flexibility index (Phi) is 4.58. The minimum absolute atomic E-state index is 0.0642. The van der Waals surface area contributed by atoms with Gasteiger partial charge in [-0.25, -0.2) is 0 Å². The predicted molar refractivity (Wildman–Crippen MR) is 71.8 cm³/mol. The van der Waals surface area contributed by atoms with Crippen LogP contribution in [0.1, 0.15) is 18.5 Å². The molecule has 2 atom stereocenters. The van der Waals surface area contributed by atoms with E-state index in [1.54, 1.807) is 0 Å². The van der Waals surface area contributed by atoms with E-state index in [0.717, 1.165) is 31.0 Å². The summed E-state index contributed by atoms with van der Waals surface area (Å²) in [5, 5.41) is 0. The zero-order valence-electron chi connectivity index (χ0n) is 11.1. The first-order valence-electron chi connectivity index (χ1n) is 6.43. The molecule has 4 nitrogen and oxygen atoms in total. The number of hydrogen-bond acceptors (Lipinski definition) is 4. The molecule has 1 saturated heterocycles. The molecule has 0 amide bonds. The first-order valence-corrected chi connectivity index (χ1v) is 6.43. The van der Waals surface area contributed by atoms with Gasteiger partial charge in [-0.3, -0.25) is 0 Å². The summed E-state index contributed by atoms with van der Waals surface area (Å²) < 4.78 is 11.4. The van der Waals surface area contributed by atoms with Gasteiger partial charge in [0.2, 0.25) is 0 Å². The molecule has 1 aliphatic heterocycles. The van der Waals surface area contributed by atoms with Gasteiger partial charge in [-0.2, -0.15) is 0 Å². The van der Waals surface area contributed by atoms with Crippen molar-refractivity contribution >= 4 is 0 Å². The number of benzene rings is 1. The summed E-state index contributed by atoms with van der Waals surface area (Å²) in [5.74, 6) is 0.872. The molecule has 18 heavy (non-hydrogen) atoms. The molecule has 1 fully saturated rings. The number of nitrogens with zero attached hydrogens (tertiary/aromatic N) is 1. The van der Waals surface area contributed by atoms with Gasteiger partial charge in [-0.1, -0.05) is 12.1 Å². The van der Waals surface area contributed by atoms with E-state index in [1.165, 1.54) is 0 Å². The van der Waals surface area contributed by atoms with E-state index in [0.29, 0.717) is 6.61 Å². The summed E-state index contributed by atoms with van der Waals surface area (Å²) in [6.07, 6.45) is 0.164. The fraction of sp³-hybridized carbons (Fsp3) is 0.571. The lowest BCUT2D eigenvalue weighted by atomic mass is 10.1. The van der Waals surface area contributed by atoms with Gasteiger partial charge in [-0.15, -0.1) is 0 Å². The third kappa shape index (κ3) is 3.70. The van der Waals surface area contributed by atoms with Crippen LogP contribution < -0.4 is 10.5 Å². The zero-order chi connectivity index (χ0) is 13.0. The SMILES string of the molecule is C[C@@H](N)c1ccc(OCC2CN(C)CCO2)cc1. The second-order valence-corrected chi connectivity index (χ2v) is 4.92. The molecule has 0 bridgehead atoms. The van der Waals surface area contributed by atoms with E-state index in [-0.39, 0.29) is 12.1 Å². The molecular weight excluding hydrogens is 228 g/mol. The van der Waals surface area contributed by atoms with Gasteiger partial charge < -0.3 is 20.1 Å². The van der Waals surface area contributed by atoms with Crippen molar-refractivity contribution in [1.29, 1.82) is 0 Å². The minimum atomic E-state index is 0.0642. The average Bonchev–Trinajstić information content (AvgIpc) is 2.37. The molecule has 0 saturated carbocycles. The summed E-state index contributed by atoms with van der Waals surface area (Å²) >= 11 is 0. The van der Waals surface area contributed by atoms with Crippen molar-refractivity contribution in [3.8, 4) is 5.75 Å². The molecular formula is C14H22N2O2. The van der Waals surface area contributed by atoms with Crippen LogP contribution in [0.4, 0.5) is 0 Å². The van der Waals surface area contributed by atoms with Crippen molar-refractivity contribution in [3.63, 3.8) is 0 Å². The Morgan fingerprint density at radius 1 is 1.44 bits per heavy atom. The van der Waals surface area contributed by atoms with Crippen molar-refractivity contribution in [1.82, 2.24) is 4.90 Å². The van der Waals surface area contributed by atoms with Gasteiger partial charge in [0, 0.05) is 19.1 Å². The Morgan fingerprint density at radius 3 is 2.78 bits per heavy atom. The highest BCUT2D eigenvalue weighted by Gasteiger charge is 2.18. The van der Waals surface area contributed by atoms with Crippen molar-refractivity contribution in [2.45, 2.75) is 19.1 Å². The standard InChI is InChI=1S/C14H22N2O2/c1-11(15)12-3-5-13(6-4-12)18-10-14-9-16(2)7-8-17-14/h3-6,11,14H,7-10,15H2,1-2H3/t11-,14?/m1/s1. The maximum absolute atomic E-state index is 5.80. The van der Waals surface area contributed by atoms with Gasteiger partial charge in [0.25, 0.3) is 0 Å². The Balaban J connectivity index is 1.82. The number of hydrogen-bond donors (Lipinski definition) is 1. The van der Waals surface area contributed by atoms with Gasteiger partial charge >= 0.3 is 0 Å². The van der Waals surface area contributed by atoms with Crippen LogP contribution in [0.15, 0.2) is 24.3 Å². The van der Waals surface area contributed by atoms with Crippen molar-refractivity contribution in [3.05, 3.63) is 29.8 Å². The highest BCUT2D eigenvalue weighted by molar-refractivity contribution is 5.28. The molecule has 0 aliphatic carbocycles. The predicted octanol–water partition coefficient (Wildman–Crippen LogP) is 1.42. The van der Waals surface area contributed by atoms with Crippen LogP contribution in [0.5, 0.6) is 5.75 Å². The van der Waals surface area contributed by atoms with E-state index in [2.05, 4.69) is 11.9 Å². The fourth-order valence-electron chi connectivity index (χ4n) is 2.02. The highest BCUT2D eigenvalue weighted by Crippen LogP contribution is 2.16. The molecule has 4 heteroatoms. The lowest BCUT2D eigenvalue weighted by Gasteiger charge is -2.29. The quantitative estimate of drug-likeness (QED) is 0.878. The molecule has 0 spiro atoms. The molecule has 2 rings (SSSR count).